The molecule has 1 N–H and O–H groups in total. The van der Waals surface area contributed by atoms with Gasteiger partial charge in [0.25, 0.3) is 5.91 Å². The number of nitrogens with one attached hydrogen (secondary N) is 1. The van der Waals surface area contributed by atoms with Gasteiger partial charge in [0.2, 0.25) is 5.91 Å². The molecule has 0 aliphatic carbocycles. The fraction of sp³-hybridized carbons (Fsp3) is 0.353. The fourth-order valence-corrected chi connectivity index (χ4v) is 4.92. The zero-order valence-electron chi connectivity index (χ0n) is 24.4. The van der Waals surface area contributed by atoms with Crippen LogP contribution >= 0.6 is 0 Å². The third kappa shape index (κ3) is 7.12. The number of amides is 2. The van der Waals surface area contributed by atoms with Gasteiger partial charge in [-0.1, -0.05) is 70.2 Å². The first-order valence-corrected chi connectivity index (χ1v) is 14.0. The Hall–Kier alpha value is -4.06. The lowest BCUT2D eigenvalue weighted by Gasteiger charge is -2.28. The van der Waals surface area contributed by atoms with Gasteiger partial charge in [-0.25, -0.2) is 0 Å². The van der Waals surface area contributed by atoms with Crippen LogP contribution in [0.25, 0.3) is 10.9 Å². The fourth-order valence-electron chi connectivity index (χ4n) is 4.92. The van der Waals surface area contributed by atoms with Gasteiger partial charge in [-0.05, 0) is 65.3 Å². The first-order chi connectivity index (χ1) is 19.2. The average molecular weight is 540 g/mol. The number of nitrogens with zero attached hydrogens (tertiary/aromatic N) is 2. The normalized spacial score (nSPS) is 11.4. The Morgan fingerprint density at radius 2 is 1.57 bits per heavy atom. The number of aromatic nitrogens is 1. The number of H-pyrrole nitrogens is 1. The van der Waals surface area contributed by atoms with E-state index < -0.39 is 0 Å². The number of fused-ring (bicyclic) bond motifs is 1. The van der Waals surface area contributed by atoms with Crippen LogP contribution in [0.5, 0.6) is 5.75 Å². The van der Waals surface area contributed by atoms with E-state index >= 15 is 0 Å². The molecule has 210 valence electrons. The molecule has 6 nitrogen and oxygen atoms in total. The summed E-state index contributed by atoms with van der Waals surface area (Å²) in [4.78, 5) is 34.1. The number of para-hydroxylation sites is 1. The number of carbonyl (C=O) groups is 2. The van der Waals surface area contributed by atoms with Gasteiger partial charge < -0.3 is 19.5 Å². The second-order valence-corrected chi connectivity index (χ2v) is 11.3. The Labute approximate surface area is 238 Å². The van der Waals surface area contributed by atoms with E-state index in [1.54, 1.807) is 36.3 Å². The Morgan fingerprint density at radius 1 is 0.875 bits per heavy atom. The highest BCUT2D eigenvalue weighted by atomic mass is 16.5. The molecule has 0 saturated heterocycles. The predicted octanol–water partition coefficient (Wildman–Crippen LogP) is 6.60. The largest absolute Gasteiger partial charge is 0.497 e. The number of aromatic amines is 1. The third-order valence-electron chi connectivity index (χ3n) is 7.32. The first-order valence-electron chi connectivity index (χ1n) is 14.0. The van der Waals surface area contributed by atoms with Crippen molar-refractivity contribution in [2.75, 3.05) is 26.7 Å². The topological polar surface area (TPSA) is 65.6 Å². The minimum absolute atomic E-state index is 0.0344. The molecular weight excluding hydrogens is 498 g/mol. The predicted molar refractivity (Wildman–Crippen MR) is 162 cm³/mol. The number of carbonyl (C=O) groups excluding carboxylic acids is 2. The summed E-state index contributed by atoms with van der Waals surface area (Å²) >= 11 is 0. The van der Waals surface area contributed by atoms with Crippen LogP contribution in [0, 0.1) is 0 Å². The number of benzene rings is 3. The molecule has 0 aliphatic heterocycles. The monoisotopic (exact) mass is 539 g/mol. The lowest BCUT2D eigenvalue weighted by molar-refractivity contribution is -0.132. The maximum absolute atomic E-state index is 13.8. The average Bonchev–Trinajstić information content (AvgIpc) is 3.37. The Kier molecular flexibility index (Phi) is 9.30. The molecule has 6 heteroatoms. The summed E-state index contributed by atoms with van der Waals surface area (Å²) in [6.07, 6.45) is 3.51. The molecule has 0 atom stereocenters. The number of hydrogen-bond donors (Lipinski definition) is 1. The minimum Gasteiger partial charge on any atom is -0.497 e. The van der Waals surface area contributed by atoms with Crippen LogP contribution in [0.2, 0.25) is 0 Å². The lowest BCUT2D eigenvalue weighted by atomic mass is 9.87. The van der Waals surface area contributed by atoms with Crippen molar-refractivity contribution in [3.8, 4) is 5.75 Å². The quantitative estimate of drug-likeness (QED) is 0.234. The van der Waals surface area contributed by atoms with Crippen molar-refractivity contribution < 1.29 is 14.3 Å². The minimum atomic E-state index is -0.149. The summed E-state index contributed by atoms with van der Waals surface area (Å²) in [7, 11) is 1.60. The molecule has 2 amide bonds. The first kappa shape index (κ1) is 28.9. The van der Waals surface area contributed by atoms with Crippen LogP contribution in [0.15, 0.2) is 79.0 Å². The SMILES string of the molecule is CCCN(CC(=O)N(CCc1c[nH]c2ccccc12)Cc1ccc(C(C)(C)C)cc1)C(=O)c1ccc(OC)cc1. The smallest absolute Gasteiger partial charge is 0.254 e. The molecule has 1 heterocycles. The number of methoxy groups -OCH3 is 1. The molecule has 3 aromatic carbocycles. The summed E-state index contributed by atoms with van der Waals surface area (Å²) in [6.45, 7) is 10.2. The molecular formula is C34H41N3O3. The molecule has 4 rings (SSSR count). The van der Waals surface area contributed by atoms with E-state index in [-0.39, 0.29) is 23.8 Å². The zero-order chi connectivity index (χ0) is 28.7. The molecule has 0 radical (unpaired) electrons. The molecule has 0 spiro atoms. The van der Waals surface area contributed by atoms with Crippen molar-refractivity contribution in [1.29, 1.82) is 0 Å². The van der Waals surface area contributed by atoms with E-state index in [0.29, 0.717) is 30.9 Å². The van der Waals surface area contributed by atoms with Gasteiger partial charge >= 0.3 is 0 Å². The van der Waals surface area contributed by atoms with Crippen LogP contribution in [0.1, 0.15) is 61.2 Å². The van der Waals surface area contributed by atoms with E-state index in [0.717, 1.165) is 23.9 Å². The van der Waals surface area contributed by atoms with Crippen LogP contribution < -0.4 is 4.74 Å². The van der Waals surface area contributed by atoms with Gasteiger partial charge in [-0.15, -0.1) is 0 Å². The lowest BCUT2D eigenvalue weighted by Crippen LogP contribution is -2.43. The van der Waals surface area contributed by atoms with Crippen LogP contribution in [0.4, 0.5) is 0 Å². The second kappa shape index (κ2) is 12.9. The highest BCUT2D eigenvalue weighted by Gasteiger charge is 2.23. The summed E-state index contributed by atoms with van der Waals surface area (Å²) in [5.41, 5.74) is 5.20. The highest BCUT2D eigenvalue weighted by molar-refractivity contribution is 5.96. The van der Waals surface area contributed by atoms with E-state index in [9.17, 15) is 9.59 Å². The standard InChI is InChI=1S/C34H41N3O3/c1-6-20-37(33(39)26-13-17-29(40-5)18-14-26)24-32(38)36(23-25-11-15-28(16-12-25)34(2,3)4)21-19-27-22-35-31-10-8-7-9-30(27)31/h7-18,22,35H,6,19-21,23-24H2,1-5H3. The van der Waals surface area contributed by atoms with Crippen LogP contribution in [-0.2, 0) is 23.2 Å². The molecule has 0 aliphatic rings. The van der Waals surface area contributed by atoms with Gasteiger partial charge in [-0.2, -0.15) is 0 Å². The van der Waals surface area contributed by atoms with Crippen molar-refractivity contribution in [2.24, 2.45) is 0 Å². The maximum atomic E-state index is 13.8. The van der Waals surface area contributed by atoms with Crippen LogP contribution in [0.3, 0.4) is 0 Å². The van der Waals surface area contributed by atoms with E-state index in [2.05, 4.69) is 62.2 Å². The summed E-state index contributed by atoms with van der Waals surface area (Å²) in [6, 6.07) is 23.8. The number of hydrogen-bond acceptors (Lipinski definition) is 3. The van der Waals surface area contributed by atoms with Crippen molar-refractivity contribution >= 4 is 22.7 Å². The third-order valence-corrected chi connectivity index (χ3v) is 7.32. The van der Waals surface area contributed by atoms with Gasteiger partial charge in [0.1, 0.15) is 12.3 Å². The molecule has 0 saturated carbocycles. The molecule has 40 heavy (non-hydrogen) atoms. The highest BCUT2D eigenvalue weighted by Crippen LogP contribution is 2.23. The van der Waals surface area contributed by atoms with Gasteiger partial charge in [-0.3, -0.25) is 9.59 Å². The van der Waals surface area contributed by atoms with Crippen molar-refractivity contribution in [1.82, 2.24) is 14.8 Å². The molecule has 1 aromatic heterocycles. The van der Waals surface area contributed by atoms with E-state index in [1.165, 1.54) is 16.5 Å². The molecule has 0 unspecified atom stereocenters. The van der Waals surface area contributed by atoms with Crippen molar-refractivity contribution in [3.05, 3.63) is 101 Å². The molecule has 4 aromatic rings. The van der Waals surface area contributed by atoms with Crippen molar-refractivity contribution in [3.63, 3.8) is 0 Å². The Morgan fingerprint density at radius 3 is 2.23 bits per heavy atom. The van der Waals surface area contributed by atoms with Gasteiger partial charge in [0, 0.05) is 42.3 Å². The van der Waals surface area contributed by atoms with Crippen molar-refractivity contribution in [2.45, 2.75) is 52.5 Å². The second-order valence-electron chi connectivity index (χ2n) is 11.3. The summed E-state index contributed by atoms with van der Waals surface area (Å²) < 4.78 is 5.23. The maximum Gasteiger partial charge on any atom is 0.254 e. The Bertz CT molecular complexity index is 1420. The van der Waals surface area contributed by atoms with E-state index in [1.807, 2.05) is 30.2 Å². The van der Waals surface area contributed by atoms with Gasteiger partial charge in [0.05, 0.1) is 7.11 Å². The summed E-state index contributed by atoms with van der Waals surface area (Å²) in [5, 5.41) is 1.17. The number of ether oxygens (including phenoxy) is 1. The zero-order valence-corrected chi connectivity index (χ0v) is 24.4. The number of rotatable bonds is 11. The summed E-state index contributed by atoms with van der Waals surface area (Å²) in [5.74, 6) is 0.481. The van der Waals surface area contributed by atoms with Crippen LogP contribution in [-0.4, -0.2) is 53.3 Å². The molecule has 0 fully saturated rings. The van der Waals surface area contributed by atoms with E-state index in [4.69, 9.17) is 4.74 Å². The Balaban J connectivity index is 1.54. The van der Waals surface area contributed by atoms with Gasteiger partial charge in [0.15, 0.2) is 0 Å². The molecule has 0 bridgehead atoms.